The van der Waals surface area contributed by atoms with Gasteiger partial charge in [0.2, 0.25) is 0 Å². The van der Waals surface area contributed by atoms with Gasteiger partial charge in [0.05, 0.1) is 5.56 Å². The SMILES string of the molecule is CCCCc1c(C(=O)c2ccccc2)c2ccccc2n1[N+](=O)[O-]. The summed E-state index contributed by atoms with van der Waals surface area (Å²) in [4.78, 5) is 24.7. The summed E-state index contributed by atoms with van der Waals surface area (Å²) < 4.78 is 1.07. The molecule has 3 aromatic rings. The fraction of sp³-hybridized carbons (Fsp3) is 0.211. The second-order valence-electron chi connectivity index (χ2n) is 5.69. The maximum absolute atomic E-state index is 13.0. The Hall–Kier alpha value is -2.95. The summed E-state index contributed by atoms with van der Waals surface area (Å²) in [5.41, 5.74) is 1.94. The lowest BCUT2D eigenvalue weighted by atomic mass is 9.98. The first kappa shape index (κ1) is 15.9. The van der Waals surface area contributed by atoms with Crippen molar-refractivity contribution in [2.75, 3.05) is 0 Å². The monoisotopic (exact) mass is 322 g/mol. The highest BCUT2D eigenvalue weighted by molar-refractivity contribution is 6.17. The highest BCUT2D eigenvalue weighted by Crippen LogP contribution is 2.29. The van der Waals surface area contributed by atoms with Crippen LogP contribution in [-0.2, 0) is 6.42 Å². The number of rotatable bonds is 6. The first-order valence-corrected chi connectivity index (χ1v) is 8.02. The minimum atomic E-state index is -0.435. The molecule has 5 heteroatoms. The minimum Gasteiger partial charge on any atom is -0.289 e. The molecule has 0 atom stereocenters. The van der Waals surface area contributed by atoms with Gasteiger partial charge in [0, 0.05) is 10.9 Å². The molecule has 2 aromatic carbocycles. The molecule has 0 aliphatic rings. The van der Waals surface area contributed by atoms with Gasteiger partial charge < -0.3 is 0 Å². The van der Waals surface area contributed by atoms with Gasteiger partial charge in [-0.15, -0.1) is 0 Å². The number of hydrogen-bond acceptors (Lipinski definition) is 3. The van der Waals surface area contributed by atoms with E-state index in [-0.39, 0.29) is 5.78 Å². The number of aromatic nitrogens is 1. The topological polar surface area (TPSA) is 65.1 Å². The van der Waals surface area contributed by atoms with Gasteiger partial charge in [0.25, 0.3) is 0 Å². The van der Waals surface area contributed by atoms with Crippen molar-refractivity contribution in [3.8, 4) is 0 Å². The van der Waals surface area contributed by atoms with Crippen LogP contribution in [0.3, 0.4) is 0 Å². The van der Waals surface area contributed by atoms with Crippen LogP contribution in [0.2, 0.25) is 0 Å². The smallest absolute Gasteiger partial charge is 0.195 e. The number of nitrogens with zero attached hydrogens (tertiary/aromatic N) is 2. The van der Waals surface area contributed by atoms with Crippen molar-refractivity contribution in [2.45, 2.75) is 26.2 Å². The van der Waals surface area contributed by atoms with Crippen LogP contribution >= 0.6 is 0 Å². The maximum Gasteiger partial charge on any atom is 0.195 e. The first-order valence-electron chi connectivity index (χ1n) is 8.02. The van der Waals surface area contributed by atoms with Gasteiger partial charge >= 0.3 is 0 Å². The van der Waals surface area contributed by atoms with Gasteiger partial charge in [0.1, 0.15) is 11.2 Å². The van der Waals surface area contributed by atoms with E-state index in [9.17, 15) is 14.9 Å². The Labute approximate surface area is 139 Å². The van der Waals surface area contributed by atoms with Crippen LogP contribution in [0.25, 0.3) is 10.9 Å². The minimum absolute atomic E-state index is 0.168. The zero-order valence-corrected chi connectivity index (χ0v) is 13.4. The van der Waals surface area contributed by atoms with Crippen LogP contribution in [0.4, 0.5) is 0 Å². The molecule has 1 heterocycles. The molecule has 0 radical (unpaired) electrons. The van der Waals surface area contributed by atoms with Crippen molar-refractivity contribution in [3.05, 3.63) is 81.5 Å². The lowest BCUT2D eigenvalue weighted by Gasteiger charge is -2.05. The first-order chi connectivity index (χ1) is 11.6. The normalized spacial score (nSPS) is 10.9. The van der Waals surface area contributed by atoms with Gasteiger partial charge in [-0.1, -0.05) is 66.6 Å². The van der Waals surface area contributed by atoms with E-state index in [0.717, 1.165) is 17.5 Å². The number of fused-ring (bicyclic) bond motifs is 1. The standard InChI is InChI=1S/C19H18N2O3/c1-2-3-12-17-18(19(22)14-9-5-4-6-10-14)15-11-7-8-13-16(15)20(17)21(23)24/h4-11,13H,2-3,12H2,1H3. The summed E-state index contributed by atoms with van der Waals surface area (Å²) in [5.74, 6) is -0.168. The number of hydrogen-bond donors (Lipinski definition) is 0. The average Bonchev–Trinajstić information content (AvgIpc) is 2.94. The lowest BCUT2D eigenvalue weighted by molar-refractivity contribution is -0.539. The van der Waals surface area contributed by atoms with E-state index >= 15 is 0 Å². The van der Waals surface area contributed by atoms with Crippen molar-refractivity contribution in [1.29, 1.82) is 0 Å². The number of carbonyl (C=O) groups excluding carboxylic acids is 1. The average molecular weight is 322 g/mol. The molecule has 0 fully saturated rings. The molecule has 0 aliphatic carbocycles. The van der Waals surface area contributed by atoms with E-state index in [1.807, 2.05) is 13.0 Å². The summed E-state index contributed by atoms with van der Waals surface area (Å²) >= 11 is 0. The van der Waals surface area contributed by atoms with E-state index in [2.05, 4.69) is 0 Å². The molecule has 0 bridgehead atoms. The van der Waals surface area contributed by atoms with Crippen LogP contribution in [0.15, 0.2) is 54.6 Å². The molecule has 0 spiro atoms. The van der Waals surface area contributed by atoms with E-state index in [0.29, 0.717) is 34.1 Å². The number of unbranched alkanes of at least 4 members (excludes halogenated alkanes) is 1. The highest BCUT2D eigenvalue weighted by Gasteiger charge is 2.27. The maximum atomic E-state index is 13.0. The molecule has 24 heavy (non-hydrogen) atoms. The molecule has 122 valence electrons. The predicted molar refractivity (Wildman–Crippen MR) is 92.8 cm³/mol. The van der Waals surface area contributed by atoms with Crippen molar-refractivity contribution >= 4 is 16.7 Å². The Kier molecular flexibility index (Phi) is 4.42. The summed E-state index contributed by atoms with van der Waals surface area (Å²) in [6.45, 7) is 2.03. The fourth-order valence-electron chi connectivity index (χ4n) is 3.03. The molecule has 0 amide bonds. The van der Waals surface area contributed by atoms with Crippen LogP contribution in [0.1, 0.15) is 41.4 Å². The largest absolute Gasteiger partial charge is 0.289 e. The van der Waals surface area contributed by atoms with Gasteiger partial charge in [-0.2, -0.15) is 0 Å². The zero-order chi connectivity index (χ0) is 17.1. The number of para-hydroxylation sites is 1. The van der Waals surface area contributed by atoms with Crippen LogP contribution < -0.4 is 0 Å². The Morgan fingerprint density at radius 3 is 2.42 bits per heavy atom. The molecule has 1 aromatic heterocycles. The Morgan fingerprint density at radius 2 is 1.75 bits per heavy atom. The molecule has 0 saturated carbocycles. The second kappa shape index (κ2) is 6.66. The summed E-state index contributed by atoms with van der Waals surface area (Å²) in [6.07, 6.45) is 2.19. The van der Waals surface area contributed by atoms with Gasteiger partial charge in [-0.3, -0.25) is 4.79 Å². The van der Waals surface area contributed by atoms with Crippen molar-refractivity contribution in [3.63, 3.8) is 0 Å². The second-order valence-corrected chi connectivity index (χ2v) is 5.69. The molecule has 0 unspecified atom stereocenters. The van der Waals surface area contributed by atoms with Crippen molar-refractivity contribution in [2.24, 2.45) is 0 Å². The predicted octanol–water partition coefficient (Wildman–Crippen LogP) is 4.25. The van der Waals surface area contributed by atoms with Crippen LogP contribution in [0, 0.1) is 10.1 Å². The Bertz CT molecular complexity index is 898. The van der Waals surface area contributed by atoms with Gasteiger partial charge in [-0.05, 0) is 18.9 Å². The molecular formula is C19H18N2O3. The lowest BCUT2D eigenvalue weighted by Crippen LogP contribution is -2.14. The molecular weight excluding hydrogens is 304 g/mol. The fourth-order valence-corrected chi connectivity index (χ4v) is 3.03. The molecule has 0 saturated heterocycles. The molecule has 0 aliphatic heterocycles. The van der Waals surface area contributed by atoms with Gasteiger partial charge in [0.15, 0.2) is 10.8 Å². The van der Waals surface area contributed by atoms with Crippen LogP contribution in [-0.4, -0.2) is 15.5 Å². The number of ketones is 1. The summed E-state index contributed by atoms with van der Waals surface area (Å²) in [7, 11) is 0. The van der Waals surface area contributed by atoms with Crippen molar-refractivity contribution < 1.29 is 9.83 Å². The third kappa shape index (κ3) is 2.69. The Balaban J connectivity index is 2.29. The van der Waals surface area contributed by atoms with Crippen molar-refractivity contribution in [1.82, 2.24) is 4.68 Å². The molecule has 3 rings (SSSR count). The third-order valence-electron chi connectivity index (χ3n) is 4.14. The van der Waals surface area contributed by atoms with Crippen LogP contribution in [0.5, 0.6) is 0 Å². The number of benzene rings is 2. The van der Waals surface area contributed by atoms with E-state index in [1.165, 1.54) is 0 Å². The molecule has 0 N–H and O–H groups in total. The number of carbonyl (C=O) groups is 1. The summed E-state index contributed by atoms with van der Waals surface area (Å²) in [6, 6.07) is 15.9. The zero-order valence-electron chi connectivity index (χ0n) is 13.4. The van der Waals surface area contributed by atoms with Gasteiger partial charge in [-0.25, -0.2) is 10.1 Å². The van der Waals surface area contributed by atoms with E-state index in [1.54, 1.807) is 48.5 Å². The number of nitro groups is 1. The quantitative estimate of drug-likeness (QED) is 0.387. The third-order valence-corrected chi connectivity index (χ3v) is 4.14. The van der Waals surface area contributed by atoms with E-state index in [4.69, 9.17) is 0 Å². The highest BCUT2D eigenvalue weighted by atomic mass is 16.7. The summed E-state index contributed by atoms with van der Waals surface area (Å²) in [5, 5.41) is 11.8. The van der Waals surface area contributed by atoms with E-state index < -0.39 is 5.03 Å². The molecule has 5 nitrogen and oxygen atoms in total. The Morgan fingerprint density at radius 1 is 1.08 bits per heavy atom.